The second kappa shape index (κ2) is 20.9. The predicted octanol–water partition coefficient (Wildman–Crippen LogP) is 16.3. The van der Waals surface area contributed by atoms with Gasteiger partial charge in [0.25, 0.3) is 0 Å². The van der Waals surface area contributed by atoms with Crippen LogP contribution in [0.25, 0.3) is 11.1 Å². The molecule has 5 aliphatic rings. The lowest BCUT2D eigenvalue weighted by atomic mass is 9.90. The van der Waals surface area contributed by atoms with E-state index in [1.54, 1.807) is 0 Å². The Balaban J connectivity index is 1.24. The highest BCUT2D eigenvalue weighted by Gasteiger charge is 2.52. The fraction of sp³-hybridized carbons (Fsp3) is 0.120. The standard InChI is InChI=1S/C83H74N6Si5/c1-90(2)68-41-21-11-31-58(68)85(59-32-12-22-42-69(59)90)79-78(57-53-51-56(55-84)52-54-57)80(86-60-33-13-23-43-70(60)91(3,4)71-44-24-14-34-61(71)86)82(88-64-37-17-27-47-74(64)93(7,8)75-48-28-18-38-65(75)88)83(89-66-39-19-29-49-76(66)94(9,10)77-50-30-20-40-67(77)89)81(79)87-62-35-15-25-45-72(62)92(5,6)73-46-26-16-36-63(73)87/h11-54H,1-10H3. The van der Waals surface area contributed by atoms with Crippen LogP contribution < -0.4 is 76.4 Å². The van der Waals surface area contributed by atoms with Crippen LogP contribution in [0.2, 0.25) is 65.5 Å². The first kappa shape index (κ1) is 58.1. The van der Waals surface area contributed by atoms with Gasteiger partial charge in [0.15, 0.2) is 0 Å². The Bertz CT molecular complexity index is 4730. The summed E-state index contributed by atoms with van der Waals surface area (Å²) in [5.74, 6) is 0. The van der Waals surface area contributed by atoms with Gasteiger partial charge in [-0.05, 0) is 130 Å². The second-order valence-corrected chi connectivity index (χ2v) is 50.4. The van der Waals surface area contributed by atoms with Gasteiger partial charge in [-0.1, -0.05) is 260 Å². The number of nitrogens with zero attached hydrogens (tertiary/aromatic N) is 6. The van der Waals surface area contributed by atoms with Crippen LogP contribution in [0, 0.1) is 11.3 Å². The van der Waals surface area contributed by atoms with E-state index in [-0.39, 0.29) is 0 Å². The Morgan fingerprint density at radius 3 is 0.553 bits per heavy atom. The average Bonchev–Trinajstić information content (AvgIpc) is 0.676. The van der Waals surface area contributed by atoms with Crippen LogP contribution in [-0.2, 0) is 0 Å². The molecule has 0 unspecified atom stereocenters. The van der Waals surface area contributed by atoms with Gasteiger partial charge in [0.05, 0.1) is 40.1 Å². The molecule has 0 bridgehead atoms. The van der Waals surface area contributed by atoms with Gasteiger partial charge in [0.2, 0.25) is 0 Å². The van der Waals surface area contributed by atoms with E-state index in [0.29, 0.717) is 5.56 Å². The molecule has 0 saturated carbocycles. The summed E-state index contributed by atoms with van der Waals surface area (Å²) in [6.07, 6.45) is 0. The normalized spacial score (nSPS) is 16.5. The Labute approximate surface area is 558 Å². The summed E-state index contributed by atoms with van der Waals surface area (Å²) < 4.78 is 0. The molecule has 5 heterocycles. The van der Waals surface area contributed by atoms with Gasteiger partial charge in [0, 0.05) is 62.4 Å². The molecule has 0 fully saturated rings. The van der Waals surface area contributed by atoms with E-state index in [1.165, 1.54) is 109 Å². The minimum atomic E-state index is -2.47. The molecule has 0 atom stereocenters. The summed E-state index contributed by atoms with van der Waals surface area (Å²) in [7, 11) is -12.3. The van der Waals surface area contributed by atoms with Gasteiger partial charge in [-0.3, -0.25) is 0 Å². The molecule has 0 spiro atoms. The van der Waals surface area contributed by atoms with Gasteiger partial charge >= 0.3 is 0 Å². The highest BCUT2D eigenvalue weighted by molar-refractivity contribution is 7.05. The van der Waals surface area contributed by atoms with Crippen molar-refractivity contribution in [1.29, 1.82) is 5.26 Å². The monoisotopic (exact) mass is 1290 g/mol. The van der Waals surface area contributed by atoms with Crippen molar-refractivity contribution < 1.29 is 0 Å². The maximum atomic E-state index is 10.9. The van der Waals surface area contributed by atoms with Crippen molar-refractivity contribution in [3.8, 4) is 17.2 Å². The summed E-state index contributed by atoms with van der Waals surface area (Å²) in [4.78, 5) is 13.7. The van der Waals surface area contributed by atoms with E-state index in [2.05, 4.69) is 363 Å². The number of nitriles is 1. The number of fused-ring (bicyclic) bond motifs is 10. The maximum absolute atomic E-state index is 10.9. The third-order valence-electron chi connectivity index (χ3n) is 22.0. The van der Waals surface area contributed by atoms with Crippen molar-refractivity contribution in [1.82, 2.24) is 0 Å². The highest BCUT2D eigenvalue weighted by Crippen LogP contribution is 2.67. The average molecular weight is 1300 g/mol. The third kappa shape index (κ3) is 8.01. The van der Waals surface area contributed by atoms with Gasteiger partial charge in [-0.25, -0.2) is 0 Å². The van der Waals surface area contributed by atoms with Crippen LogP contribution in [-0.4, -0.2) is 40.4 Å². The van der Waals surface area contributed by atoms with Crippen LogP contribution in [0.15, 0.2) is 267 Å². The zero-order valence-electron chi connectivity index (χ0n) is 55.1. The molecule has 0 radical (unpaired) electrons. The molecule has 94 heavy (non-hydrogen) atoms. The van der Waals surface area contributed by atoms with E-state index < -0.39 is 40.4 Å². The quantitative estimate of drug-likeness (QED) is 0.155. The van der Waals surface area contributed by atoms with E-state index in [0.717, 1.165) is 39.6 Å². The first-order valence-electron chi connectivity index (χ1n) is 33.2. The molecule has 12 aromatic rings. The van der Waals surface area contributed by atoms with E-state index >= 15 is 0 Å². The number of hydrogen-bond donors (Lipinski definition) is 0. The molecule has 11 heteroatoms. The van der Waals surface area contributed by atoms with E-state index in [9.17, 15) is 5.26 Å². The smallest absolute Gasteiger partial charge is 0.117 e. The lowest BCUT2D eigenvalue weighted by molar-refractivity contribution is 1.16. The van der Waals surface area contributed by atoms with Gasteiger partial charge < -0.3 is 24.5 Å². The summed E-state index contributed by atoms with van der Waals surface area (Å²) in [5.41, 5.74) is 19.8. The molecule has 0 aliphatic carbocycles. The molecule has 0 N–H and O–H groups in total. The van der Waals surface area contributed by atoms with Crippen LogP contribution in [0.5, 0.6) is 0 Å². The lowest BCUT2D eigenvalue weighted by Crippen LogP contribution is -2.60. The molecule has 5 aliphatic heterocycles. The summed E-state index contributed by atoms with van der Waals surface area (Å²) in [6, 6.07) is 105. The summed E-state index contributed by atoms with van der Waals surface area (Å²) in [5, 5.41) is 24.7. The second-order valence-electron chi connectivity index (χ2n) is 28.8. The molecular weight excluding hydrogens is 1220 g/mol. The lowest BCUT2D eigenvalue weighted by Gasteiger charge is -2.51. The number of hydrogen-bond acceptors (Lipinski definition) is 6. The zero-order valence-corrected chi connectivity index (χ0v) is 60.1. The molecule has 456 valence electrons. The van der Waals surface area contributed by atoms with E-state index in [1.807, 2.05) is 0 Å². The number of para-hydroxylation sites is 10. The number of benzene rings is 12. The Morgan fingerprint density at radius 1 is 0.213 bits per heavy atom. The van der Waals surface area contributed by atoms with Crippen LogP contribution in [0.1, 0.15) is 5.56 Å². The van der Waals surface area contributed by atoms with Crippen molar-refractivity contribution >= 4 is 178 Å². The Morgan fingerprint density at radius 2 is 0.372 bits per heavy atom. The van der Waals surface area contributed by atoms with Crippen molar-refractivity contribution in [3.63, 3.8) is 0 Å². The van der Waals surface area contributed by atoms with Gasteiger partial charge in [0.1, 0.15) is 40.4 Å². The fourth-order valence-electron chi connectivity index (χ4n) is 17.3. The molecule has 0 saturated heterocycles. The number of anilines is 15. The first-order valence-corrected chi connectivity index (χ1v) is 48.2. The minimum Gasteiger partial charge on any atom is -0.308 e. The molecule has 17 rings (SSSR count). The predicted molar refractivity (Wildman–Crippen MR) is 414 cm³/mol. The molecule has 12 aromatic carbocycles. The van der Waals surface area contributed by atoms with Crippen molar-refractivity contribution in [2.45, 2.75) is 65.5 Å². The topological polar surface area (TPSA) is 40.0 Å². The molecular formula is C83H74N6Si5. The maximum Gasteiger partial charge on any atom is 0.117 e. The van der Waals surface area contributed by atoms with Crippen LogP contribution >= 0.6 is 0 Å². The summed E-state index contributed by atoms with van der Waals surface area (Å²) in [6.45, 7) is 25.5. The van der Waals surface area contributed by atoms with Crippen molar-refractivity contribution in [3.05, 3.63) is 272 Å². The Kier molecular flexibility index (Phi) is 12.9. The largest absolute Gasteiger partial charge is 0.308 e. The SMILES string of the molecule is C[Si]1(C)c2ccccc2N(c2c(-c3ccc(C#N)cc3)c(N3c4ccccc4[Si](C)(C)c4ccccc43)c(N3c4ccccc4[Si](C)(C)c4ccccc43)c(N3c4ccccc4[Si](C)(C)c4ccccc43)c2N2c3ccccc3[Si](C)(C)c3ccccc32)c2ccccc21. The third-order valence-corrected chi connectivity index (χ3v) is 39.7. The fourth-order valence-corrected chi connectivity index (χ4v) is 32.2. The van der Waals surface area contributed by atoms with Crippen molar-refractivity contribution in [2.24, 2.45) is 0 Å². The van der Waals surface area contributed by atoms with Crippen molar-refractivity contribution in [2.75, 3.05) is 24.5 Å². The highest BCUT2D eigenvalue weighted by atomic mass is 28.3. The summed E-state index contributed by atoms with van der Waals surface area (Å²) >= 11 is 0. The zero-order chi connectivity index (χ0) is 64.4. The first-order chi connectivity index (χ1) is 45.5. The van der Waals surface area contributed by atoms with Gasteiger partial charge in [-0.15, -0.1) is 0 Å². The van der Waals surface area contributed by atoms with Crippen LogP contribution in [0.3, 0.4) is 0 Å². The molecule has 6 nitrogen and oxygen atoms in total. The van der Waals surface area contributed by atoms with E-state index in [4.69, 9.17) is 0 Å². The number of rotatable bonds is 6. The molecule has 0 aromatic heterocycles. The minimum absolute atomic E-state index is 0.609. The van der Waals surface area contributed by atoms with Crippen LogP contribution in [0.4, 0.5) is 85.3 Å². The van der Waals surface area contributed by atoms with Gasteiger partial charge in [-0.2, -0.15) is 5.26 Å². The Hall–Kier alpha value is -9.79. The molecule has 0 amide bonds.